The average Bonchev–Trinajstić information content (AvgIpc) is 2.56. The Bertz CT molecular complexity index is 617. The Balaban J connectivity index is 2.45. The first kappa shape index (κ1) is 12.3. The predicted octanol–water partition coefficient (Wildman–Crippen LogP) is 3.02. The number of carbonyl (C=O) groups excluding carboxylic acids is 1. The van der Waals surface area contributed by atoms with Crippen LogP contribution in [0.2, 0.25) is 0 Å². The van der Waals surface area contributed by atoms with Gasteiger partial charge in [-0.1, -0.05) is 15.9 Å². The third-order valence-electron chi connectivity index (χ3n) is 2.33. The van der Waals surface area contributed by atoms with Gasteiger partial charge in [-0.3, -0.25) is 4.79 Å². The number of hydrogen-bond donors (Lipinski definition) is 1. The molecule has 2 aromatic rings. The molecule has 4 nitrogen and oxygen atoms in total. The zero-order valence-electron chi connectivity index (χ0n) is 9.20. The lowest BCUT2D eigenvalue weighted by Gasteiger charge is -2.04. The van der Waals surface area contributed by atoms with E-state index in [1.807, 2.05) is 18.2 Å². The summed E-state index contributed by atoms with van der Waals surface area (Å²) in [6.07, 6.45) is 0. The Morgan fingerprint density at radius 2 is 2.35 bits per heavy atom. The van der Waals surface area contributed by atoms with Crippen molar-refractivity contribution < 1.29 is 9.53 Å². The molecule has 1 aromatic carbocycles. The second-order valence-electron chi connectivity index (χ2n) is 3.48. The van der Waals surface area contributed by atoms with Crippen LogP contribution in [0.15, 0.2) is 22.7 Å². The predicted molar refractivity (Wildman–Crippen MR) is 71.5 cm³/mol. The maximum Gasteiger partial charge on any atom is 0.326 e. The van der Waals surface area contributed by atoms with Crippen LogP contribution in [0, 0.1) is 4.77 Å². The number of H-pyrrole nitrogens is 1. The first-order valence-corrected chi connectivity index (χ1v) is 6.35. The molecule has 90 valence electrons. The fourth-order valence-electron chi connectivity index (χ4n) is 1.62. The van der Waals surface area contributed by atoms with E-state index in [1.54, 1.807) is 11.5 Å². The molecule has 0 saturated heterocycles. The largest absolute Gasteiger partial charge is 0.465 e. The number of halogens is 1. The van der Waals surface area contributed by atoms with Gasteiger partial charge in [0.25, 0.3) is 0 Å². The number of imidazole rings is 1. The monoisotopic (exact) mass is 314 g/mol. The van der Waals surface area contributed by atoms with Crippen molar-refractivity contribution in [2.75, 3.05) is 6.61 Å². The van der Waals surface area contributed by atoms with E-state index < -0.39 is 0 Å². The molecule has 0 saturated carbocycles. The summed E-state index contributed by atoms with van der Waals surface area (Å²) in [6.45, 7) is 2.28. The zero-order chi connectivity index (χ0) is 12.4. The van der Waals surface area contributed by atoms with Crippen molar-refractivity contribution in [2.45, 2.75) is 13.5 Å². The summed E-state index contributed by atoms with van der Waals surface area (Å²) in [5.41, 5.74) is 1.79. The Morgan fingerprint density at radius 3 is 3.06 bits per heavy atom. The van der Waals surface area contributed by atoms with Crippen LogP contribution in [0.3, 0.4) is 0 Å². The molecule has 1 N–H and O–H groups in total. The molecule has 6 heteroatoms. The number of aromatic nitrogens is 2. The third-order valence-corrected chi connectivity index (χ3v) is 3.15. The lowest BCUT2D eigenvalue weighted by molar-refractivity contribution is -0.143. The molecular formula is C11H11BrN2O2S. The minimum Gasteiger partial charge on any atom is -0.465 e. The summed E-state index contributed by atoms with van der Waals surface area (Å²) in [6, 6.07) is 5.75. The molecule has 17 heavy (non-hydrogen) atoms. The topological polar surface area (TPSA) is 47.0 Å². The first-order chi connectivity index (χ1) is 8.11. The molecule has 0 fully saturated rings. The van der Waals surface area contributed by atoms with Gasteiger partial charge in [0.05, 0.1) is 17.6 Å². The number of benzene rings is 1. The molecule has 0 spiro atoms. The number of carbonyl (C=O) groups is 1. The van der Waals surface area contributed by atoms with E-state index in [4.69, 9.17) is 17.0 Å². The van der Waals surface area contributed by atoms with Gasteiger partial charge in [0.2, 0.25) is 0 Å². The van der Waals surface area contributed by atoms with E-state index in [1.165, 1.54) is 0 Å². The highest BCUT2D eigenvalue weighted by Gasteiger charge is 2.09. The molecule has 0 amide bonds. The lowest BCUT2D eigenvalue weighted by Crippen LogP contribution is -2.13. The zero-order valence-corrected chi connectivity index (χ0v) is 11.6. The Morgan fingerprint density at radius 1 is 1.59 bits per heavy atom. The standard InChI is InChI=1S/C11H11BrN2O2S/c1-2-16-10(15)6-14-9-5-7(12)3-4-8(9)13-11(14)17/h3-5H,2,6H2,1H3,(H,13,17). The molecule has 0 bridgehead atoms. The van der Waals surface area contributed by atoms with Gasteiger partial charge in [-0.05, 0) is 37.3 Å². The van der Waals surface area contributed by atoms with Gasteiger partial charge < -0.3 is 14.3 Å². The van der Waals surface area contributed by atoms with Gasteiger partial charge in [0.1, 0.15) is 6.54 Å². The van der Waals surface area contributed by atoms with E-state index >= 15 is 0 Å². The van der Waals surface area contributed by atoms with Crippen LogP contribution in [-0.2, 0) is 16.1 Å². The smallest absolute Gasteiger partial charge is 0.326 e. The van der Waals surface area contributed by atoms with Gasteiger partial charge in [0.15, 0.2) is 4.77 Å². The van der Waals surface area contributed by atoms with Crippen LogP contribution < -0.4 is 0 Å². The van der Waals surface area contributed by atoms with Crippen LogP contribution in [0.4, 0.5) is 0 Å². The molecular weight excluding hydrogens is 304 g/mol. The van der Waals surface area contributed by atoms with Crippen LogP contribution in [0.5, 0.6) is 0 Å². The Labute approximate surface area is 112 Å². The number of nitrogens with one attached hydrogen (secondary N) is 1. The number of hydrogen-bond acceptors (Lipinski definition) is 3. The van der Waals surface area contributed by atoms with Crippen molar-refractivity contribution in [1.82, 2.24) is 9.55 Å². The third kappa shape index (κ3) is 2.58. The van der Waals surface area contributed by atoms with Crippen molar-refractivity contribution in [1.29, 1.82) is 0 Å². The van der Waals surface area contributed by atoms with E-state index in [2.05, 4.69) is 20.9 Å². The Hall–Kier alpha value is -1.14. The van der Waals surface area contributed by atoms with Crippen LogP contribution in [0.1, 0.15) is 6.92 Å². The summed E-state index contributed by atoms with van der Waals surface area (Å²) >= 11 is 8.58. The highest BCUT2D eigenvalue weighted by atomic mass is 79.9. The van der Waals surface area contributed by atoms with E-state index in [-0.39, 0.29) is 12.5 Å². The van der Waals surface area contributed by atoms with E-state index in [0.717, 1.165) is 15.5 Å². The number of ether oxygens (including phenoxy) is 1. The number of esters is 1. The lowest BCUT2D eigenvalue weighted by atomic mass is 10.3. The highest BCUT2D eigenvalue weighted by molar-refractivity contribution is 9.10. The van der Waals surface area contributed by atoms with Gasteiger partial charge in [-0.25, -0.2) is 0 Å². The van der Waals surface area contributed by atoms with Crippen molar-refractivity contribution in [3.8, 4) is 0 Å². The van der Waals surface area contributed by atoms with Crippen molar-refractivity contribution >= 4 is 45.2 Å². The van der Waals surface area contributed by atoms with Gasteiger partial charge in [-0.15, -0.1) is 0 Å². The fraction of sp³-hybridized carbons (Fsp3) is 0.273. The highest BCUT2D eigenvalue weighted by Crippen LogP contribution is 2.19. The minimum atomic E-state index is -0.288. The fourth-order valence-corrected chi connectivity index (χ4v) is 2.24. The molecule has 2 rings (SSSR count). The average molecular weight is 315 g/mol. The maximum absolute atomic E-state index is 11.5. The SMILES string of the molecule is CCOC(=O)Cn1c(=S)[nH]c2ccc(Br)cc21. The van der Waals surface area contributed by atoms with E-state index in [0.29, 0.717) is 11.4 Å². The maximum atomic E-state index is 11.5. The normalized spacial score (nSPS) is 10.7. The molecule has 1 heterocycles. The van der Waals surface area contributed by atoms with Gasteiger partial charge >= 0.3 is 5.97 Å². The second-order valence-corrected chi connectivity index (χ2v) is 4.79. The summed E-state index contributed by atoms with van der Waals surface area (Å²) in [5, 5.41) is 0. The molecule has 0 aliphatic carbocycles. The summed E-state index contributed by atoms with van der Waals surface area (Å²) < 4.78 is 8.11. The summed E-state index contributed by atoms with van der Waals surface area (Å²) in [7, 11) is 0. The van der Waals surface area contributed by atoms with Crippen molar-refractivity contribution in [2.24, 2.45) is 0 Å². The number of aromatic amines is 1. The Kier molecular flexibility index (Phi) is 3.63. The molecule has 0 unspecified atom stereocenters. The van der Waals surface area contributed by atoms with Crippen LogP contribution in [-0.4, -0.2) is 22.1 Å². The van der Waals surface area contributed by atoms with Crippen LogP contribution >= 0.6 is 28.1 Å². The van der Waals surface area contributed by atoms with E-state index in [9.17, 15) is 4.79 Å². The number of fused-ring (bicyclic) bond motifs is 1. The van der Waals surface area contributed by atoms with Crippen molar-refractivity contribution in [3.05, 3.63) is 27.4 Å². The second kappa shape index (κ2) is 5.01. The van der Waals surface area contributed by atoms with Crippen molar-refractivity contribution in [3.63, 3.8) is 0 Å². The molecule has 0 aliphatic heterocycles. The molecule has 0 atom stereocenters. The quantitative estimate of drug-likeness (QED) is 0.699. The first-order valence-electron chi connectivity index (χ1n) is 5.15. The van der Waals surface area contributed by atoms with Crippen LogP contribution in [0.25, 0.3) is 11.0 Å². The number of rotatable bonds is 3. The molecule has 1 aromatic heterocycles. The van der Waals surface area contributed by atoms with Gasteiger partial charge in [0, 0.05) is 4.47 Å². The summed E-state index contributed by atoms with van der Waals surface area (Å²) in [4.78, 5) is 14.5. The molecule has 0 aliphatic rings. The van der Waals surface area contributed by atoms with Gasteiger partial charge in [-0.2, -0.15) is 0 Å². The number of nitrogens with zero attached hydrogens (tertiary/aromatic N) is 1. The molecule has 0 radical (unpaired) electrons. The minimum absolute atomic E-state index is 0.128. The summed E-state index contributed by atoms with van der Waals surface area (Å²) in [5.74, 6) is -0.288.